The first-order valence-electron chi connectivity index (χ1n) is 9.13. The molecule has 2 unspecified atom stereocenters. The van der Waals surface area contributed by atoms with E-state index in [1.54, 1.807) is 12.4 Å². The van der Waals surface area contributed by atoms with Crippen LogP contribution in [0.2, 0.25) is 0 Å². The van der Waals surface area contributed by atoms with Crippen molar-refractivity contribution in [1.29, 1.82) is 0 Å². The SMILES string of the molecule is CC1CN(C(=O)c2ncccc2F)CC1NC(=O)Cc1c[nH]c2ncccc12. The van der Waals surface area contributed by atoms with Crippen LogP contribution in [0.5, 0.6) is 0 Å². The van der Waals surface area contributed by atoms with Gasteiger partial charge >= 0.3 is 0 Å². The van der Waals surface area contributed by atoms with Gasteiger partial charge in [0.1, 0.15) is 5.65 Å². The summed E-state index contributed by atoms with van der Waals surface area (Å²) in [5, 5.41) is 3.92. The quantitative estimate of drug-likeness (QED) is 0.722. The fourth-order valence-corrected chi connectivity index (χ4v) is 3.60. The van der Waals surface area contributed by atoms with Crippen molar-refractivity contribution in [2.45, 2.75) is 19.4 Å². The number of hydrogen-bond donors (Lipinski definition) is 2. The second-order valence-electron chi connectivity index (χ2n) is 7.09. The maximum Gasteiger partial charge on any atom is 0.275 e. The van der Waals surface area contributed by atoms with Gasteiger partial charge in [-0.3, -0.25) is 9.59 Å². The van der Waals surface area contributed by atoms with E-state index in [2.05, 4.69) is 20.3 Å². The zero-order chi connectivity index (χ0) is 19.7. The van der Waals surface area contributed by atoms with Crippen LogP contribution in [0.1, 0.15) is 23.0 Å². The number of rotatable bonds is 4. The van der Waals surface area contributed by atoms with Gasteiger partial charge < -0.3 is 15.2 Å². The number of halogens is 1. The van der Waals surface area contributed by atoms with Crippen molar-refractivity contribution in [3.05, 3.63) is 59.9 Å². The topological polar surface area (TPSA) is 91.0 Å². The molecule has 1 fully saturated rings. The first kappa shape index (κ1) is 18.1. The van der Waals surface area contributed by atoms with Gasteiger partial charge in [0.15, 0.2) is 11.5 Å². The zero-order valence-electron chi connectivity index (χ0n) is 15.4. The van der Waals surface area contributed by atoms with E-state index >= 15 is 0 Å². The maximum absolute atomic E-state index is 13.8. The van der Waals surface area contributed by atoms with Crippen molar-refractivity contribution in [3.8, 4) is 0 Å². The van der Waals surface area contributed by atoms with Crippen LogP contribution >= 0.6 is 0 Å². The van der Waals surface area contributed by atoms with Crippen LogP contribution in [0.25, 0.3) is 11.0 Å². The molecule has 3 aromatic rings. The van der Waals surface area contributed by atoms with Crippen LogP contribution in [0, 0.1) is 11.7 Å². The summed E-state index contributed by atoms with van der Waals surface area (Å²) >= 11 is 0. The van der Waals surface area contributed by atoms with Gasteiger partial charge in [-0.1, -0.05) is 6.92 Å². The van der Waals surface area contributed by atoms with Gasteiger partial charge in [-0.15, -0.1) is 0 Å². The lowest BCUT2D eigenvalue weighted by atomic mass is 10.1. The van der Waals surface area contributed by atoms with E-state index < -0.39 is 11.7 Å². The van der Waals surface area contributed by atoms with Crippen LogP contribution in [-0.2, 0) is 11.2 Å². The molecule has 1 aliphatic heterocycles. The number of amides is 2. The summed E-state index contributed by atoms with van der Waals surface area (Å²) in [7, 11) is 0. The fourth-order valence-electron chi connectivity index (χ4n) is 3.60. The Bertz CT molecular complexity index is 1030. The smallest absolute Gasteiger partial charge is 0.275 e. The summed E-state index contributed by atoms with van der Waals surface area (Å²) in [5.41, 5.74) is 1.43. The summed E-state index contributed by atoms with van der Waals surface area (Å²) in [6.07, 6.45) is 5.09. The second kappa shape index (κ2) is 7.38. The van der Waals surface area contributed by atoms with E-state index in [0.717, 1.165) is 16.6 Å². The molecule has 1 aliphatic rings. The third-order valence-corrected chi connectivity index (χ3v) is 5.09. The minimum absolute atomic E-state index is 0.0595. The largest absolute Gasteiger partial charge is 0.351 e. The molecule has 1 saturated heterocycles. The summed E-state index contributed by atoms with van der Waals surface area (Å²) in [6.45, 7) is 2.73. The van der Waals surface area contributed by atoms with Crippen molar-refractivity contribution in [1.82, 2.24) is 25.2 Å². The average Bonchev–Trinajstić information content (AvgIpc) is 3.26. The number of aromatic amines is 1. The van der Waals surface area contributed by atoms with Crippen molar-refractivity contribution in [2.75, 3.05) is 13.1 Å². The van der Waals surface area contributed by atoms with Gasteiger partial charge in [0.25, 0.3) is 5.91 Å². The van der Waals surface area contributed by atoms with E-state index in [-0.39, 0.29) is 30.0 Å². The summed E-state index contributed by atoms with van der Waals surface area (Å²) in [5.74, 6) is -1.16. The number of likely N-dealkylation sites (tertiary alicyclic amines) is 1. The summed E-state index contributed by atoms with van der Waals surface area (Å²) in [6, 6.07) is 6.22. The number of carbonyl (C=O) groups excluding carboxylic acids is 2. The Morgan fingerprint density at radius 2 is 2.04 bits per heavy atom. The molecule has 2 amide bonds. The number of carbonyl (C=O) groups is 2. The molecule has 4 heterocycles. The van der Waals surface area contributed by atoms with Crippen molar-refractivity contribution in [3.63, 3.8) is 0 Å². The predicted molar refractivity (Wildman–Crippen MR) is 101 cm³/mol. The van der Waals surface area contributed by atoms with E-state index in [0.29, 0.717) is 13.1 Å². The lowest BCUT2D eigenvalue weighted by molar-refractivity contribution is -0.121. The lowest BCUT2D eigenvalue weighted by Crippen LogP contribution is -2.41. The molecule has 2 atom stereocenters. The van der Waals surface area contributed by atoms with Gasteiger partial charge in [-0.05, 0) is 35.7 Å². The molecule has 3 aromatic heterocycles. The molecule has 0 aliphatic carbocycles. The Morgan fingerprint density at radius 1 is 1.25 bits per heavy atom. The highest BCUT2D eigenvalue weighted by molar-refractivity contribution is 5.93. The third kappa shape index (κ3) is 3.45. The number of aromatic nitrogens is 3. The first-order chi connectivity index (χ1) is 13.5. The number of fused-ring (bicyclic) bond motifs is 1. The molecule has 0 saturated carbocycles. The Hall–Kier alpha value is -3.29. The van der Waals surface area contributed by atoms with Crippen LogP contribution < -0.4 is 5.32 Å². The number of nitrogens with zero attached hydrogens (tertiary/aromatic N) is 3. The zero-order valence-corrected chi connectivity index (χ0v) is 15.4. The number of pyridine rings is 2. The van der Waals surface area contributed by atoms with Crippen molar-refractivity contribution in [2.24, 2.45) is 5.92 Å². The summed E-state index contributed by atoms with van der Waals surface area (Å²) in [4.78, 5) is 37.7. The van der Waals surface area contributed by atoms with Crippen molar-refractivity contribution < 1.29 is 14.0 Å². The second-order valence-corrected chi connectivity index (χ2v) is 7.09. The molecule has 8 heteroatoms. The summed E-state index contributed by atoms with van der Waals surface area (Å²) < 4.78 is 13.8. The van der Waals surface area contributed by atoms with Gasteiger partial charge in [0.05, 0.1) is 12.5 Å². The van der Waals surface area contributed by atoms with Gasteiger partial charge in [0, 0.05) is 37.1 Å². The molecule has 7 nitrogen and oxygen atoms in total. The molecule has 28 heavy (non-hydrogen) atoms. The minimum Gasteiger partial charge on any atom is -0.351 e. The number of hydrogen-bond acceptors (Lipinski definition) is 4. The van der Waals surface area contributed by atoms with E-state index in [4.69, 9.17) is 0 Å². The fraction of sp³-hybridized carbons (Fsp3) is 0.300. The van der Waals surface area contributed by atoms with Gasteiger partial charge in [-0.2, -0.15) is 0 Å². The normalized spacial score (nSPS) is 19.1. The third-order valence-electron chi connectivity index (χ3n) is 5.09. The molecule has 144 valence electrons. The van der Waals surface area contributed by atoms with E-state index in [1.165, 1.54) is 23.2 Å². The predicted octanol–water partition coefficient (Wildman–Crippen LogP) is 1.92. The minimum atomic E-state index is -0.638. The molecule has 0 radical (unpaired) electrons. The Labute approximate surface area is 161 Å². The molecule has 2 N–H and O–H groups in total. The monoisotopic (exact) mass is 381 g/mol. The number of nitrogens with one attached hydrogen (secondary N) is 2. The van der Waals surface area contributed by atoms with E-state index in [9.17, 15) is 14.0 Å². The molecular weight excluding hydrogens is 361 g/mol. The molecule has 4 rings (SSSR count). The van der Waals surface area contributed by atoms with Crippen LogP contribution in [0.4, 0.5) is 4.39 Å². The first-order valence-corrected chi connectivity index (χ1v) is 9.13. The van der Waals surface area contributed by atoms with Gasteiger partial charge in [-0.25, -0.2) is 14.4 Å². The van der Waals surface area contributed by atoms with E-state index in [1.807, 2.05) is 19.1 Å². The van der Waals surface area contributed by atoms with Crippen LogP contribution in [-0.4, -0.2) is 50.8 Å². The highest BCUT2D eigenvalue weighted by atomic mass is 19.1. The highest BCUT2D eigenvalue weighted by Gasteiger charge is 2.35. The molecule has 0 spiro atoms. The molecular formula is C20H20FN5O2. The van der Waals surface area contributed by atoms with Crippen LogP contribution in [0.15, 0.2) is 42.9 Å². The lowest BCUT2D eigenvalue weighted by Gasteiger charge is -2.17. The Kier molecular flexibility index (Phi) is 4.77. The van der Waals surface area contributed by atoms with Gasteiger partial charge in [0.2, 0.25) is 5.91 Å². The maximum atomic E-state index is 13.8. The number of H-pyrrole nitrogens is 1. The molecule has 0 bridgehead atoms. The standard InChI is InChI=1S/C20H20FN5O2/c1-12-10-26(20(28)18-15(21)5-3-6-22-18)11-16(12)25-17(27)8-13-9-24-19-14(13)4-2-7-23-19/h2-7,9,12,16H,8,10-11H2,1H3,(H,23,24)(H,25,27). The molecule has 0 aromatic carbocycles. The Balaban J connectivity index is 1.40. The van der Waals surface area contributed by atoms with Crippen molar-refractivity contribution >= 4 is 22.8 Å². The Morgan fingerprint density at radius 3 is 2.86 bits per heavy atom. The van der Waals surface area contributed by atoms with Crippen LogP contribution in [0.3, 0.4) is 0 Å². The highest BCUT2D eigenvalue weighted by Crippen LogP contribution is 2.20. The average molecular weight is 381 g/mol.